The van der Waals surface area contributed by atoms with Crippen LogP contribution in [0.15, 0.2) is 52.3 Å². The van der Waals surface area contributed by atoms with Gasteiger partial charge in [0.05, 0.1) is 17.9 Å². The summed E-state index contributed by atoms with van der Waals surface area (Å²) in [4.78, 5) is 12.7. The molecule has 1 aliphatic heterocycles. The Hall–Kier alpha value is -2.42. The minimum absolute atomic E-state index is 0.253. The van der Waals surface area contributed by atoms with Gasteiger partial charge in [0.15, 0.2) is 0 Å². The lowest BCUT2D eigenvalue weighted by Gasteiger charge is -2.46. The van der Waals surface area contributed by atoms with Crippen LogP contribution in [-0.4, -0.2) is 11.1 Å². The molecule has 2 heterocycles. The highest BCUT2D eigenvalue weighted by molar-refractivity contribution is 6.35. The maximum atomic E-state index is 12.7. The highest BCUT2D eigenvalue weighted by Crippen LogP contribution is 2.56. The van der Waals surface area contributed by atoms with E-state index in [0.717, 1.165) is 0 Å². The van der Waals surface area contributed by atoms with Crippen LogP contribution in [0.1, 0.15) is 43.6 Å². The van der Waals surface area contributed by atoms with Crippen molar-refractivity contribution in [3.05, 3.63) is 69.2 Å². The van der Waals surface area contributed by atoms with Crippen LogP contribution in [0.3, 0.4) is 0 Å². The number of nitriles is 1. The van der Waals surface area contributed by atoms with Gasteiger partial charge in [0.25, 0.3) is 0 Å². The summed E-state index contributed by atoms with van der Waals surface area (Å²) in [6.45, 7) is 3.55. The topological polar surface area (TPSA) is 86.3 Å². The fourth-order valence-corrected chi connectivity index (χ4v) is 4.49. The second-order valence-electron chi connectivity index (χ2n) is 6.54. The summed E-state index contributed by atoms with van der Waals surface area (Å²) in [5.74, 6) is -1.30. The first-order valence-corrected chi connectivity index (χ1v) is 9.21. The molecule has 1 aromatic heterocycles. The summed E-state index contributed by atoms with van der Waals surface area (Å²) in [5.41, 5.74) is 0.116. The number of aliphatic carboxylic acids is 1. The summed E-state index contributed by atoms with van der Waals surface area (Å²) in [7, 11) is 0. The van der Waals surface area contributed by atoms with Gasteiger partial charge in [-0.3, -0.25) is 4.79 Å². The van der Waals surface area contributed by atoms with Crippen LogP contribution in [0.2, 0.25) is 10.0 Å². The van der Waals surface area contributed by atoms with E-state index in [-0.39, 0.29) is 6.42 Å². The number of halogens is 2. The van der Waals surface area contributed by atoms with Crippen molar-refractivity contribution in [1.82, 2.24) is 5.32 Å². The fraction of sp³-hybridized carbons (Fsp3) is 0.300. The molecular formula is C20H18Cl2N2O3. The van der Waals surface area contributed by atoms with E-state index in [9.17, 15) is 15.2 Å². The standard InChI is InChI=1S/C20H18Cl2N2O3/c1-3-20(19(25)26)17(13-7-6-12(21)9-15(13)22)14(10-23)11(2)24-18(20)16-5-4-8-27-16/h4-9,17-18,24H,3H2,1-2H3,(H,25,26). The van der Waals surface area contributed by atoms with Crippen molar-refractivity contribution in [1.29, 1.82) is 5.26 Å². The molecular weight excluding hydrogens is 387 g/mol. The summed E-state index contributed by atoms with van der Waals surface area (Å²) < 4.78 is 5.55. The average molecular weight is 405 g/mol. The zero-order valence-corrected chi connectivity index (χ0v) is 16.3. The molecule has 27 heavy (non-hydrogen) atoms. The van der Waals surface area contributed by atoms with Gasteiger partial charge >= 0.3 is 5.97 Å². The van der Waals surface area contributed by atoms with E-state index in [1.54, 1.807) is 44.2 Å². The zero-order valence-electron chi connectivity index (χ0n) is 14.8. The number of carboxylic acids is 1. The predicted molar refractivity (Wildman–Crippen MR) is 102 cm³/mol. The van der Waals surface area contributed by atoms with Crippen LogP contribution in [0.25, 0.3) is 0 Å². The molecule has 1 aliphatic rings. The molecule has 7 heteroatoms. The predicted octanol–water partition coefficient (Wildman–Crippen LogP) is 5.29. The summed E-state index contributed by atoms with van der Waals surface area (Å²) in [6.07, 6.45) is 1.76. The largest absolute Gasteiger partial charge is 0.481 e. The van der Waals surface area contributed by atoms with Gasteiger partial charge in [-0.1, -0.05) is 36.2 Å². The highest BCUT2D eigenvalue weighted by atomic mass is 35.5. The Bertz CT molecular complexity index is 947. The van der Waals surface area contributed by atoms with Gasteiger partial charge in [-0.2, -0.15) is 5.26 Å². The zero-order chi connectivity index (χ0) is 19.8. The first-order valence-electron chi connectivity index (χ1n) is 8.46. The molecule has 0 bridgehead atoms. The molecule has 0 amide bonds. The van der Waals surface area contributed by atoms with Crippen molar-refractivity contribution in [2.45, 2.75) is 32.2 Å². The summed E-state index contributed by atoms with van der Waals surface area (Å²) in [6, 6.07) is 9.87. The maximum Gasteiger partial charge on any atom is 0.313 e. The van der Waals surface area contributed by atoms with E-state index < -0.39 is 23.3 Å². The third-order valence-corrected chi connectivity index (χ3v) is 5.85. The minimum atomic E-state index is -1.38. The van der Waals surface area contributed by atoms with E-state index in [0.29, 0.717) is 32.6 Å². The lowest BCUT2D eigenvalue weighted by Crippen LogP contribution is -2.51. The number of nitrogens with zero attached hydrogens (tertiary/aromatic N) is 1. The second kappa shape index (κ2) is 7.30. The Morgan fingerprint density at radius 1 is 1.41 bits per heavy atom. The number of carbonyl (C=O) groups is 1. The lowest BCUT2D eigenvalue weighted by molar-refractivity contribution is -0.153. The van der Waals surface area contributed by atoms with Gasteiger partial charge < -0.3 is 14.8 Å². The molecule has 1 aromatic carbocycles. The third-order valence-electron chi connectivity index (χ3n) is 5.29. The van der Waals surface area contributed by atoms with Crippen LogP contribution in [0.4, 0.5) is 0 Å². The molecule has 5 nitrogen and oxygen atoms in total. The van der Waals surface area contributed by atoms with Crippen molar-refractivity contribution in [3.63, 3.8) is 0 Å². The van der Waals surface area contributed by atoms with Gasteiger partial charge in [0.1, 0.15) is 17.2 Å². The molecule has 0 spiro atoms. The summed E-state index contributed by atoms with van der Waals surface area (Å²) in [5, 5.41) is 24.1. The van der Waals surface area contributed by atoms with Crippen molar-refractivity contribution in [2.24, 2.45) is 5.41 Å². The molecule has 2 N–H and O–H groups in total. The molecule has 0 saturated heterocycles. The van der Waals surface area contributed by atoms with Gasteiger partial charge in [0.2, 0.25) is 0 Å². The normalized spacial score (nSPS) is 25.0. The number of nitrogens with one attached hydrogen (secondary N) is 1. The van der Waals surface area contributed by atoms with Gasteiger partial charge in [-0.05, 0) is 43.2 Å². The van der Waals surface area contributed by atoms with E-state index in [4.69, 9.17) is 27.6 Å². The smallest absolute Gasteiger partial charge is 0.313 e. The Morgan fingerprint density at radius 2 is 2.15 bits per heavy atom. The molecule has 2 aromatic rings. The fourth-order valence-electron chi connectivity index (χ4n) is 3.97. The minimum Gasteiger partial charge on any atom is -0.481 e. The number of allylic oxidation sites excluding steroid dienone is 2. The second-order valence-corrected chi connectivity index (χ2v) is 7.38. The van der Waals surface area contributed by atoms with Crippen molar-refractivity contribution in [2.75, 3.05) is 0 Å². The molecule has 3 atom stereocenters. The molecule has 0 aliphatic carbocycles. The Balaban J connectivity index is 2.35. The molecule has 3 rings (SSSR count). The van der Waals surface area contributed by atoms with Crippen molar-refractivity contribution in [3.8, 4) is 6.07 Å². The monoisotopic (exact) mass is 404 g/mol. The van der Waals surface area contributed by atoms with Gasteiger partial charge in [-0.15, -0.1) is 0 Å². The number of rotatable bonds is 4. The summed E-state index contributed by atoms with van der Waals surface area (Å²) >= 11 is 12.5. The first kappa shape index (κ1) is 19.3. The highest BCUT2D eigenvalue weighted by Gasteiger charge is 2.57. The van der Waals surface area contributed by atoms with E-state index >= 15 is 0 Å². The van der Waals surface area contributed by atoms with Gasteiger partial charge in [-0.25, -0.2) is 0 Å². The number of furan rings is 1. The Morgan fingerprint density at radius 3 is 2.67 bits per heavy atom. The maximum absolute atomic E-state index is 12.7. The van der Waals surface area contributed by atoms with Crippen LogP contribution in [0, 0.1) is 16.7 Å². The SMILES string of the molecule is CCC1(C(=O)O)C(c2ccco2)NC(C)=C(C#N)C1c1ccc(Cl)cc1Cl. The van der Waals surface area contributed by atoms with E-state index in [1.165, 1.54) is 6.26 Å². The quantitative estimate of drug-likeness (QED) is 0.722. The van der Waals surface area contributed by atoms with Crippen LogP contribution < -0.4 is 5.32 Å². The third kappa shape index (κ3) is 2.99. The number of benzene rings is 1. The molecule has 140 valence electrons. The number of hydrogen-bond acceptors (Lipinski definition) is 4. The van der Waals surface area contributed by atoms with Crippen LogP contribution in [-0.2, 0) is 4.79 Å². The molecule has 0 saturated carbocycles. The van der Waals surface area contributed by atoms with E-state index in [2.05, 4.69) is 11.4 Å². The van der Waals surface area contributed by atoms with Gasteiger partial charge in [0, 0.05) is 21.7 Å². The van der Waals surface area contributed by atoms with Crippen LogP contribution >= 0.6 is 23.2 Å². The lowest BCUT2D eigenvalue weighted by atomic mass is 9.60. The number of hydrogen-bond donors (Lipinski definition) is 2. The Labute approximate surface area is 167 Å². The first-order chi connectivity index (χ1) is 12.9. The average Bonchev–Trinajstić information content (AvgIpc) is 3.15. The molecule has 0 fully saturated rings. The van der Waals surface area contributed by atoms with Crippen molar-refractivity contribution >= 4 is 29.2 Å². The molecule has 3 unspecified atom stereocenters. The van der Waals surface area contributed by atoms with Crippen molar-refractivity contribution < 1.29 is 14.3 Å². The van der Waals surface area contributed by atoms with Crippen LogP contribution in [0.5, 0.6) is 0 Å². The molecule has 0 radical (unpaired) electrons. The Kier molecular flexibility index (Phi) is 5.23. The van der Waals surface area contributed by atoms with E-state index in [1.807, 2.05) is 0 Å². The number of carboxylic acid groups (broad SMARTS) is 1.